The molecule has 0 rings (SSSR count). The molecule has 0 aliphatic rings. The second-order valence-corrected chi connectivity index (χ2v) is 5.05. The fraction of sp³-hybridized carbons (Fsp3) is 0.824. The highest BCUT2D eigenvalue weighted by atomic mass is 16.2. The molecule has 0 saturated carbocycles. The smallest absolute Gasteiger partial charge is 0.242 e. The van der Waals surface area contributed by atoms with Gasteiger partial charge < -0.3 is 16.0 Å². The van der Waals surface area contributed by atoms with Gasteiger partial charge in [-0.3, -0.25) is 14.4 Å². The van der Waals surface area contributed by atoms with Crippen LogP contribution in [0.1, 0.15) is 73.1 Å². The topological polar surface area (TPSA) is 87.3 Å². The third kappa shape index (κ3) is 13.8. The summed E-state index contributed by atoms with van der Waals surface area (Å²) in [6.45, 7) is 11.0. The lowest BCUT2D eigenvalue weighted by molar-refractivity contribution is -0.129. The molecule has 3 N–H and O–H groups in total. The van der Waals surface area contributed by atoms with E-state index in [9.17, 15) is 14.4 Å². The second-order valence-electron chi connectivity index (χ2n) is 5.05. The van der Waals surface area contributed by atoms with Crippen molar-refractivity contribution in [2.75, 3.05) is 13.1 Å². The molecule has 6 heteroatoms. The standard InChI is InChI=1S/C15H29N3O3.C2H6/c1-4-7-14(20)18-12(15(21)17-11-6-3)8-9-13(19)16-10-5-2;1-2/h12H,4-11H2,1-3H3,(H,16,19)(H,17,21)(H,18,20);1-2H3. The van der Waals surface area contributed by atoms with Crippen LogP contribution < -0.4 is 16.0 Å². The lowest BCUT2D eigenvalue weighted by Gasteiger charge is -2.18. The van der Waals surface area contributed by atoms with Gasteiger partial charge >= 0.3 is 0 Å². The fourth-order valence-corrected chi connectivity index (χ4v) is 1.76. The Bertz CT molecular complexity index is 333. The molecular weight excluding hydrogens is 294 g/mol. The summed E-state index contributed by atoms with van der Waals surface area (Å²) in [5.74, 6) is -0.456. The third-order valence-electron chi connectivity index (χ3n) is 2.91. The molecular formula is C17H35N3O3. The maximum atomic E-state index is 12.0. The SMILES string of the molecule is CC.CCCNC(=O)CCC(NC(=O)CCC)C(=O)NCCC. The molecule has 0 aromatic heterocycles. The van der Waals surface area contributed by atoms with Crippen LogP contribution in [0.3, 0.4) is 0 Å². The van der Waals surface area contributed by atoms with Gasteiger partial charge in [-0.2, -0.15) is 0 Å². The minimum Gasteiger partial charge on any atom is -0.356 e. The summed E-state index contributed by atoms with van der Waals surface area (Å²) in [7, 11) is 0. The van der Waals surface area contributed by atoms with Crippen LogP contribution >= 0.6 is 0 Å². The van der Waals surface area contributed by atoms with Crippen LogP contribution in [0.5, 0.6) is 0 Å². The van der Waals surface area contributed by atoms with Crippen molar-refractivity contribution in [3.63, 3.8) is 0 Å². The molecule has 1 atom stereocenters. The van der Waals surface area contributed by atoms with Gasteiger partial charge in [0.1, 0.15) is 6.04 Å². The van der Waals surface area contributed by atoms with Gasteiger partial charge in [-0.05, 0) is 25.7 Å². The van der Waals surface area contributed by atoms with Crippen LogP contribution in [-0.2, 0) is 14.4 Å². The molecule has 0 fully saturated rings. The maximum Gasteiger partial charge on any atom is 0.242 e. The first-order valence-electron chi connectivity index (χ1n) is 8.88. The molecule has 0 aliphatic carbocycles. The Kier molecular flexibility index (Phi) is 17.3. The molecule has 0 aromatic carbocycles. The predicted octanol–water partition coefficient (Wildman–Crippen LogP) is 2.13. The first kappa shape index (κ1) is 23.7. The van der Waals surface area contributed by atoms with E-state index < -0.39 is 6.04 Å². The molecule has 0 saturated heterocycles. The van der Waals surface area contributed by atoms with Gasteiger partial charge in [0.2, 0.25) is 17.7 Å². The van der Waals surface area contributed by atoms with E-state index in [0.717, 1.165) is 19.3 Å². The monoisotopic (exact) mass is 329 g/mol. The summed E-state index contributed by atoms with van der Waals surface area (Å²) in [6, 6.07) is -0.636. The summed E-state index contributed by atoms with van der Waals surface area (Å²) in [5, 5.41) is 8.23. The normalized spacial score (nSPS) is 10.8. The van der Waals surface area contributed by atoms with Gasteiger partial charge in [0.05, 0.1) is 0 Å². The summed E-state index contributed by atoms with van der Waals surface area (Å²) >= 11 is 0. The first-order chi connectivity index (χ1) is 11.0. The molecule has 1 unspecified atom stereocenters. The van der Waals surface area contributed by atoms with Crippen molar-refractivity contribution < 1.29 is 14.4 Å². The molecule has 0 spiro atoms. The molecule has 0 bridgehead atoms. The van der Waals surface area contributed by atoms with E-state index >= 15 is 0 Å². The van der Waals surface area contributed by atoms with Gasteiger partial charge in [-0.1, -0.05) is 34.6 Å². The lowest BCUT2D eigenvalue weighted by Crippen LogP contribution is -2.47. The van der Waals surface area contributed by atoms with Crippen LogP contribution in [0.2, 0.25) is 0 Å². The fourth-order valence-electron chi connectivity index (χ4n) is 1.76. The van der Waals surface area contributed by atoms with Gasteiger partial charge in [-0.25, -0.2) is 0 Å². The number of nitrogens with one attached hydrogen (secondary N) is 3. The van der Waals surface area contributed by atoms with E-state index in [1.165, 1.54) is 0 Å². The highest BCUT2D eigenvalue weighted by Gasteiger charge is 2.20. The highest BCUT2D eigenvalue weighted by molar-refractivity contribution is 5.88. The predicted molar refractivity (Wildman–Crippen MR) is 94.0 cm³/mol. The number of carbonyl (C=O) groups is 3. The van der Waals surface area contributed by atoms with Crippen LogP contribution in [0, 0.1) is 0 Å². The lowest BCUT2D eigenvalue weighted by atomic mass is 10.1. The minimum absolute atomic E-state index is 0.0881. The van der Waals surface area contributed by atoms with E-state index in [1.54, 1.807) is 0 Å². The molecule has 3 amide bonds. The van der Waals surface area contributed by atoms with Crippen molar-refractivity contribution in [3.8, 4) is 0 Å². The van der Waals surface area contributed by atoms with Crippen LogP contribution in [0.4, 0.5) is 0 Å². The zero-order valence-corrected chi connectivity index (χ0v) is 15.5. The van der Waals surface area contributed by atoms with Gasteiger partial charge in [0.15, 0.2) is 0 Å². The van der Waals surface area contributed by atoms with E-state index in [0.29, 0.717) is 25.9 Å². The van der Waals surface area contributed by atoms with Crippen molar-refractivity contribution in [2.24, 2.45) is 0 Å². The van der Waals surface area contributed by atoms with Crippen molar-refractivity contribution in [1.29, 1.82) is 0 Å². The van der Waals surface area contributed by atoms with Crippen LogP contribution in [0.15, 0.2) is 0 Å². The molecule has 6 nitrogen and oxygen atoms in total. The quantitative estimate of drug-likeness (QED) is 0.542. The summed E-state index contributed by atoms with van der Waals surface area (Å²) < 4.78 is 0. The number of rotatable bonds is 11. The largest absolute Gasteiger partial charge is 0.356 e. The van der Waals surface area contributed by atoms with Crippen LogP contribution in [-0.4, -0.2) is 36.9 Å². The summed E-state index contributed by atoms with van der Waals surface area (Å²) in [4.78, 5) is 35.3. The minimum atomic E-state index is -0.636. The Morgan fingerprint density at radius 2 is 1.35 bits per heavy atom. The van der Waals surface area contributed by atoms with Gasteiger partial charge in [0, 0.05) is 25.9 Å². The van der Waals surface area contributed by atoms with Crippen molar-refractivity contribution >= 4 is 17.7 Å². The summed E-state index contributed by atoms with van der Waals surface area (Å²) in [5.41, 5.74) is 0. The second kappa shape index (κ2) is 16.8. The average molecular weight is 329 g/mol. The Hall–Kier alpha value is -1.59. The van der Waals surface area contributed by atoms with E-state index in [1.807, 2.05) is 34.6 Å². The number of carbonyl (C=O) groups excluding carboxylic acids is 3. The van der Waals surface area contributed by atoms with E-state index in [4.69, 9.17) is 0 Å². The molecule has 0 aromatic rings. The number of hydrogen-bond acceptors (Lipinski definition) is 3. The average Bonchev–Trinajstić information content (AvgIpc) is 2.56. The Balaban J connectivity index is 0. The Morgan fingerprint density at radius 1 is 0.783 bits per heavy atom. The van der Waals surface area contributed by atoms with Crippen LogP contribution in [0.25, 0.3) is 0 Å². The zero-order chi connectivity index (χ0) is 18.1. The third-order valence-corrected chi connectivity index (χ3v) is 2.91. The van der Waals surface area contributed by atoms with E-state index in [2.05, 4.69) is 16.0 Å². The number of amides is 3. The van der Waals surface area contributed by atoms with Crippen molar-refractivity contribution in [1.82, 2.24) is 16.0 Å². The van der Waals surface area contributed by atoms with Crippen molar-refractivity contribution in [3.05, 3.63) is 0 Å². The Morgan fingerprint density at radius 3 is 1.87 bits per heavy atom. The molecule has 0 heterocycles. The molecule has 0 aliphatic heterocycles. The van der Waals surface area contributed by atoms with Crippen molar-refractivity contribution in [2.45, 2.75) is 79.2 Å². The molecule has 0 radical (unpaired) electrons. The Labute approximate surface area is 141 Å². The highest BCUT2D eigenvalue weighted by Crippen LogP contribution is 2.00. The molecule has 23 heavy (non-hydrogen) atoms. The van der Waals surface area contributed by atoms with Gasteiger partial charge in [0.25, 0.3) is 0 Å². The van der Waals surface area contributed by atoms with E-state index in [-0.39, 0.29) is 24.1 Å². The maximum absolute atomic E-state index is 12.0. The van der Waals surface area contributed by atoms with Gasteiger partial charge in [-0.15, -0.1) is 0 Å². The molecule has 136 valence electrons. The first-order valence-corrected chi connectivity index (χ1v) is 8.88. The number of hydrogen-bond donors (Lipinski definition) is 3. The zero-order valence-electron chi connectivity index (χ0n) is 15.5. The summed E-state index contributed by atoms with van der Waals surface area (Å²) in [6.07, 6.45) is 3.38.